The molecule has 0 spiro atoms. The third kappa shape index (κ3) is 4.56. The van der Waals surface area contributed by atoms with E-state index in [0.29, 0.717) is 12.1 Å². The molecule has 0 aliphatic rings. The lowest BCUT2D eigenvalue weighted by atomic mass is 10.0. The molecular formula is C15H25Cl2N5O. The van der Waals surface area contributed by atoms with Gasteiger partial charge in [-0.1, -0.05) is 0 Å². The van der Waals surface area contributed by atoms with Gasteiger partial charge in [-0.05, 0) is 40.7 Å². The molecule has 0 unspecified atom stereocenters. The highest BCUT2D eigenvalue weighted by Crippen LogP contribution is 2.21. The molecule has 130 valence electrons. The molecule has 0 saturated carbocycles. The topological polar surface area (TPSA) is 85.8 Å². The number of rotatable bonds is 4. The number of nitrogens with two attached hydrogens (primary N) is 1. The maximum atomic E-state index is 12.5. The first kappa shape index (κ1) is 21.6. The fourth-order valence-electron chi connectivity index (χ4n) is 2.13. The molecule has 2 rings (SSSR count). The van der Waals surface area contributed by atoms with Crippen molar-refractivity contribution in [2.45, 2.75) is 46.2 Å². The summed E-state index contributed by atoms with van der Waals surface area (Å²) in [5, 5.41) is 8.06. The number of fused-ring (bicyclic) bond motifs is 1. The van der Waals surface area contributed by atoms with Gasteiger partial charge in [-0.25, -0.2) is 9.67 Å². The Bertz CT molecular complexity index is 682. The van der Waals surface area contributed by atoms with Crippen LogP contribution in [0.15, 0.2) is 12.3 Å². The number of aryl methyl sites for hydroxylation is 1. The van der Waals surface area contributed by atoms with Crippen molar-refractivity contribution in [1.82, 2.24) is 20.1 Å². The zero-order chi connectivity index (χ0) is 15.8. The number of hydrogen-bond acceptors (Lipinski definition) is 4. The van der Waals surface area contributed by atoms with E-state index in [4.69, 9.17) is 5.73 Å². The van der Waals surface area contributed by atoms with Crippen molar-refractivity contribution < 1.29 is 4.79 Å². The predicted molar refractivity (Wildman–Crippen MR) is 97.7 cm³/mol. The lowest BCUT2D eigenvalue weighted by Gasteiger charge is -2.24. The fourth-order valence-corrected chi connectivity index (χ4v) is 2.13. The molecular weight excluding hydrogens is 337 g/mol. The number of nitrogens with zero attached hydrogens (tertiary/aromatic N) is 3. The van der Waals surface area contributed by atoms with E-state index < -0.39 is 5.54 Å². The van der Waals surface area contributed by atoms with Crippen molar-refractivity contribution in [2.24, 2.45) is 5.73 Å². The second kappa shape index (κ2) is 7.95. The van der Waals surface area contributed by atoms with Crippen molar-refractivity contribution >= 4 is 41.8 Å². The van der Waals surface area contributed by atoms with Crippen molar-refractivity contribution in [3.8, 4) is 0 Å². The first-order valence-electron chi connectivity index (χ1n) is 7.12. The number of hydrogen-bond donors (Lipinski definition) is 2. The molecule has 8 heteroatoms. The largest absolute Gasteiger partial charge is 0.346 e. The van der Waals surface area contributed by atoms with Gasteiger partial charge in [0.05, 0.1) is 17.1 Å². The Morgan fingerprint density at radius 1 is 1.39 bits per heavy atom. The van der Waals surface area contributed by atoms with Crippen LogP contribution in [0, 0.1) is 6.92 Å². The average Bonchev–Trinajstić information content (AvgIpc) is 2.80. The Morgan fingerprint density at radius 2 is 2.00 bits per heavy atom. The van der Waals surface area contributed by atoms with Gasteiger partial charge >= 0.3 is 0 Å². The van der Waals surface area contributed by atoms with Gasteiger partial charge < -0.3 is 11.1 Å². The van der Waals surface area contributed by atoms with Crippen LogP contribution in [0.2, 0.25) is 0 Å². The van der Waals surface area contributed by atoms with E-state index in [0.717, 1.165) is 16.7 Å². The van der Waals surface area contributed by atoms with Gasteiger partial charge in [0.25, 0.3) is 5.91 Å². The van der Waals surface area contributed by atoms with Gasteiger partial charge in [0.2, 0.25) is 0 Å². The lowest BCUT2D eigenvalue weighted by Crippen LogP contribution is -2.48. The Kier molecular flexibility index (Phi) is 7.47. The van der Waals surface area contributed by atoms with Crippen LogP contribution in [0.25, 0.3) is 11.0 Å². The third-order valence-electron chi connectivity index (χ3n) is 3.39. The molecule has 0 aliphatic carbocycles. The molecule has 6 nitrogen and oxygen atoms in total. The highest BCUT2D eigenvalue weighted by atomic mass is 35.5. The molecule has 2 aromatic heterocycles. The van der Waals surface area contributed by atoms with Gasteiger partial charge in [-0.2, -0.15) is 5.10 Å². The van der Waals surface area contributed by atoms with Crippen LogP contribution in [-0.2, 0) is 0 Å². The molecule has 2 heterocycles. The number of pyridine rings is 1. The van der Waals surface area contributed by atoms with Gasteiger partial charge in [-0.3, -0.25) is 4.79 Å². The average molecular weight is 362 g/mol. The summed E-state index contributed by atoms with van der Waals surface area (Å²) < 4.78 is 1.83. The molecule has 0 saturated heterocycles. The van der Waals surface area contributed by atoms with E-state index in [9.17, 15) is 4.79 Å². The maximum Gasteiger partial charge on any atom is 0.252 e. The van der Waals surface area contributed by atoms with Crippen LogP contribution in [0.4, 0.5) is 0 Å². The first-order valence-corrected chi connectivity index (χ1v) is 7.12. The standard InChI is InChI=1S/C15H23N5O.2ClH/c1-9(2)20-13-12(7-17-20)11(6-10(3)18-13)14(21)19-15(4,5)8-16;;/h6-7,9H,8,16H2,1-5H3,(H,19,21);2*1H. The summed E-state index contributed by atoms with van der Waals surface area (Å²) >= 11 is 0. The second-order valence-electron chi connectivity index (χ2n) is 6.27. The van der Waals surface area contributed by atoms with Crippen LogP contribution in [0.5, 0.6) is 0 Å². The van der Waals surface area contributed by atoms with Gasteiger partial charge in [0.1, 0.15) is 0 Å². The summed E-state index contributed by atoms with van der Waals surface area (Å²) in [7, 11) is 0. The normalized spacial score (nSPS) is 11.1. The van der Waals surface area contributed by atoms with E-state index in [2.05, 4.69) is 15.4 Å². The molecule has 0 bridgehead atoms. The van der Waals surface area contributed by atoms with Crippen LogP contribution >= 0.6 is 24.8 Å². The quantitative estimate of drug-likeness (QED) is 0.876. The van der Waals surface area contributed by atoms with Gasteiger partial charge in [0, 0.05) is 23.8 Å². The minimum atomic E-state index is -0.450. The lowest BCUT2D eigenvalue weighted by molar-refractivity contribution is 0.0917. The van der Waals surface area contributed by atoms with E-state index in [1.165, 1.54) is 0 Å². The van der Waals surface area contributed by atoms with Crippen LogP contribution in [0.1, 0.15) is 49.8 Å². The number of aromatic nitrogens is 3. The van der Waals surface area contributed by atoms with E-state index in [1.807, 2.05) is 39.3 Å². The van der Waals surface area contributed by atoms with Gasteiger partial charge in [0.15, 0.2) is 5.65 Å². The minimum Gasteiger partial charge on any atom is -0.346 e. The Hall–Kier alpha value is -1.37. The predicted octanol–water partition coefficient (Wildman–Crippen LogP) is 2.63. The Balaban J connectivity index is 0.00000242. The van der Waals surface area contributed by atoms with Gasteiger partial charge in [-0.15, -0.1) is 24.8 Å². The second-order valence-corrected chi connectivity index (χ2v) is 6.27. The number of halogens is 2. The summed E-state index contributed by atoms with van der Waals surface area (Å²) in [5.41, 5.74) is 7.34. The number of nitrogens with one attached hydrogen (secondary N) is 1. The molecule has 0 radical (unpaired) electrons. The molecule has 0 aliphatic heterocycles. The molecule has 23 heavy (non-hydrogen) atoms. The summed E-state index contributed by atoms with van der Waals surface area (Å²) in [6.07, 6.45) is 1.70. The number of amides is 1. The molecule has 0 aromatic carbocycles. The van der Waals surface area contributed by atoms with Crippen molar-refractivity contribution in [3.05, 3.63) is 23.5 Å². The third-order valence-corrected chi connectivity index (χ3v) is 3.39. The van der Waals surface area contributed by atoms with Crippen LogP contribution in [-0.4, -0.2) is 32.8 Å². The molecule has 0 atom stereocenters. The zero-order valence-corrected chi connectivity index (χ0v) is 15.7. The molecule has 0 fully saturated rings. The fraction of sp³-hybridized carbons (Fsp3) is 0.533. The minimum absolute atomic E-state index is 0. The maximum absolute atomic E-state index is 12.5. The zero-order valence-electron chi connectivity index (χ0n) is 14.1. The highest BCUT2D eigenvalue weighted by Gasteiger charge is 2.22. The van der Waals surface area contributed by atoms with E-state index >= 15 is 0 Å². The summed E-state index contributed by atoms with van der Waals surface area (Å²) in [6.45, 7) is 10.1. The van der Waals surface area contributed by atoms with Crippen molar-refractivity contribution in [2.75, 3.05) is 6.54 Å². The highest BCUT2D eigenvalue weighted by molar-refractivity contribution is 6.05. The van der Waals surface area contributed by atoms with Crippen LogP contribution < -0.4 is 11.1 Å². The van der Waals surface area contributed by atoms with E-state index in [-0.39, 0.29) is 36.8 Å². The summed E-state index contributed by atoms with van der Waals surface area (Å²) in [5.74, 6) is -0.149. The number of carbonyl (C=O) groups is 1. The summed E-state index contributed by atoms with van der Waals surface area (Å²) in [6, 6.07) is 1.98. The Labute approximate surface area is 149 Å². The smallest absolute Gasteiger partial charge is 0.252 e. The molecule has 1 amide bonds. The van der Waals surface area contributed by atoms with Crippen molar-refractivity contribution in [3.63, 3.8) is 0 Å². The van der Waals surface area contributed by atoms with Crippen LogP contribution in [0.3, 0.4) is 0 Å². The van der Waals surface area contributed by atoms with Crippen molar-refractivity contribution in [1.29, 1.82) is 0 Å². The first-order chi connectivity index (χ1) is 9.75. The summed E-state index contributed by atoms with van der Waals surface area (Å²) in [4.78, 5) is 17.0. The monoisotopic (exact) mass is 361 g/mol. The molecule has 3 N–H and O–H groups in total. The Morgan fingerprint density at radius 3 is 2.52 bits per heavy atom. The number of carbonyl (C=O) groups excluding carboxylic acids is 1. The molecule has 2 aromatic rings. The van der Waals surface area contributed by atoms with E-state index in [1.54, 1.807) is 12.3 Å². The SMILES string of the molecule is Cc1cc(C(=O)NC(C)(C)CN)c2cnn(C(C)C)c2n1.Cl.Cl.